The maximum Gasteiger partial charge on any atom is 0.242 e. The first-order valence-corrected chi connectivity index (χ1v) is 9.84. The molecule has 1 aromatic carbocycles. The maximum atomic E-state index is 12.4. The number of nitrogens with one attached hydrogen (secondary N) is 1. The Labute approximate surface area is 181 Å². The molecule has 1 amide bonds. The van der Waals surface area contributed by atoms with Gasteiger partial charge in [0.05, 0.1) is 6.54 Å². The Morgan fingerprint density at radius 1 is 1.15 bits per heavy atom. The van der Waals surface area contributed by atoms with E-state index in [1.54, 1.807) is 0 Å². The van der Waals surface area contributed by atoms with Crippen LogP contribution >= 0.6 is 24.0 Å². The van der Waals surface area contributed by atoms with Crippen LogP contribution in [-0.4, -0.2) is 61.4 Å². The minimum absolute atomic E-state index is 0. The molecule has 0 spiro atoms. The number of aliphatic imine (C=N–C) groups is 1. The zero-order valence-corrected chi connectivity index (χ0v) is 19.5. The monoisotopic (exact) mass is 486 g/mol. The van der Waals surface area contributed by atoms with Gasteiger partial charge in [-0.15, -0.1) is 24.0 Å². The Balaban J connectivity index is 0.00000364. The standard InChI is InChI=1S/C21H34N4O.HI/c1-5-22-20(24(4)16-19(26)25(6-2)7-3)23-17-21(13-14-21)15-18-11-9-8-10-12-18;/h8-12H,5-7,13-17H2,1-4H3,(H,22,23);1H. The van der Waals surface area contributed by atoms with Gasteiger partial charge in [0, 0.05) is 33.2 Å². The molecule has 1 aromatic rings. The second-order valence-corrected chi connectivity index (χ2v) is 7.25. The fraction of sp³-hybridized carbons (Fsp3) is 0.619. The molecule has 1 saturated carbocycles. The van der Waals surface area contributed by atoms with Crippen molar-refractivity contribution in [3.8, 4) is 0 Å². The highest BCUT2D eigenvalue weighted by Crippen LogP contribution is 2.48. The van der Waals surface area contributed by atoms with Gasteiger partial charge in [-0.2, -0.15) is 0 Å². The van der Waals surface area contributed by atoms with Gasteiger partial charge in [0.15, 0.2) is 5.96 Å². The normalized spacial score (nSPS) is 14.9. The largest absolute Gasteiger partial charge is 0.357 e. The van der Waals surface area contributed by atoms with E-state index >= 15 is 0 Å². The number of guanidine groups is 1. The van der Waals surface area contributed by atoms with Gasteiger partial charge >= 0.3 is 0 Å². The summed E-state index contributed by atoms with van der Waals surface area (Å²) >= 11 is 0. The molecule has 0 saturated heterocycles. The Morgan fingerprint density at radius 3 is 2.30 bits per heavy atom. The average Bonchev–Trinajstić information content (AvgIpc) is 3.40. The first-order chi connectivity index (χ1) is 12.5. The van der Waals surface area contributed by atoms with E-state index in [1.807, 2.05) is 30.7 Å². The second-order valence-electron chi connectivity index (χ2n) is 7.25. The molecule has 152 valence electrons. The Bertz CT molecular complexity index is 597. The molecule has 1 N–H and O–H groups in total. The number of benzene rings is 1. The van der Waals surface area contributed by atoms with E-state index < -0.39 is 0 Å². The van der Waals surface area contributed by atoms with E-state index in [0.717, 1.165) is 38.6 Å². The van der Waals surface area contributed by atoms with Crippen LogP contribution in [0, 0.1) is 5.41 Å². The molecule has 2 rings (SSSR count). The first kappa shape index (κ1) is 23.7. The summed E-state index contributed by atoms with van der Waals surface area (Å²) in [6, 6.07) is 10.7. The van der Waals surface area contributed by atoms with Crippen LogP contribution in [-0.2, 0) is 11.2 Å². The molecule has 6 heteroatoms. The lowest BCUT2D eigenvalue weighted by Crippen LogP contribution is -2.45. The van der Waals surface area contributed by atoms with E-state index in [1.165, 1.54) is 18.4 Å². The lowest BCUT2D eigenvalue weighted by atomic mass is 9.97. The highest BCUT2D eigenvalue weighted by Gasteiger charge is 2.42. The maximum absolute atomic E-state index is 12.4. The summed E-state index contributed by atoms with van der Waals surface area (Å²) < 4.78 is 0. The van der Waals surface area contributed by atoms with Crippen LogP contribution in [0.15, 0.2) is 35.3 Å². The van der Waals surface area contributed by atoms with Gasteiger partial charge in [0.25, 0.3) is 0 Å². The molecule has 27 heavy (non-hydrogen) atoms. The molecule has 0 radical (unpaired) electrons. The second kappa shape index (κ2) is 11.5. The summed E-state index contributed by atoms with van der Waals surface area (Å²) in [5.41, 5.74) is 1.68. The number of halogens is 1. The Kier molecular flexibility index (Phi) is 10.1. The van der Waals surface area contributed by atoms with Crippen LogP contribution in [0.5, 0.6) is 0 Å². The predicted molar refractivity (Wildman–Crippen MR) is 124 cm³/mol. The van der Waals surface area contributed by atoms with Crippen molar-refractivity contribution in [2.45, 2.75) is 40.0 Å². The van der Waals surface area contributed by atoms with Crippen molar-refractivity contribution in [1.82, 2.24) is 15.1 Å². The summed E-state index contributed by atoms with van der Waals surface area (Å²) in [6.07, 6.45) is 3.54. The fourth-order valence-electron chi connectivity index (χ4n) is 3.26. The minimum atomic E-state index is 0. The summed E-state index contributed by atoms with van der Waals surface area (Å²) in [5.74, 6) is 0.973. The van der Waals surface area contributed by atoms with Crippen LogP contribution in [0.3, 0.4) is 0 Å². The zero-order chi connectivity index (χ0) is 19.0. The lowest BCUT2D eigenvalue weighted by molar-refractivity contribution is -0.131. The molecule has 5 nitrogen and oxygen atoms in total. The molecule has 0 bridgehead atoms. The van der Waals surface area contributed by atoms with Crippen LogP contribution in [0.25, 0.3) is 0 Å². The zero-order valence-electron chi connectivity index (χ0n) is 17.2. The average molecular weight is 486 g/mol. The molecule has 1 aliphatic rings. The summed E-state index contributed by atoms with van der Waals surface area (Å²) in [4.78, 5) is 21.1. The number of amides is 1. The summed E-state index contributed by atoms with van der Waals surface area (Å²) in [6.45, 7) is 9.56. The Morgan fingerprint density at radius 2 is 1.78 bits per heavy atom. The smallest absolute Gasteiger partial charge is 0.242 e. The first-order valence-electron chi connectivity index (χ1n) is 9.84. The van der Waals surface area contributed by atoms with Gasteiger partial charge in [0.1, 0.15) is 0 Å². The van der Waals surface area contributed by atoms with Crippen molar-refractivity contribution in [3.63, 3.8) is 0 Å². The number of rotatable bonds is 9. The van der Waals surface area contributed by atoms with Gasteiger partial charge in [-0.3, -0.25) is 9.79 Å². The quantitative estimate of drug-likeness (QED) is 0.331. The summed E-state index contributed by atoms with van der Waals surface area (Å²) in [5, 5.41) is 3.33. The number of hydrogen-bond acceptors (Lipinski definition) is 2. The molecule has 0 aromatic heterocycles. The predicted octanol–water partition coefficient (Wildman–Crippen LogP) is 3.39. The van der Waals surface area contributed by atoms with E-state index in [-0.39, 0.29) is 29.9 Å². The fourth-order valence-corrected chi connectivity index (χ4v) is 3.26. The molecule has 0 atom stereocenters. The van der Waals surface area contributed by atoms with E-state index in [9.17, 15) is 4.79 Å². The van der Waals surface area contributed by atoms with Crippen molar-refractivity contribution in [1.29, 1.82) is 0 Å². The third kappa shape index (κ3) is 7.31. The molecule has 0 unspecified atom stereocenters. The third-order valence-corrected chi connectivity index (χ3v) is 5.13. The molecule has 0 heterocycles. The Hall–Kier alpha value is -1.31. The van der Waals surface area contributed by atoms with Crippen molar-refractivity contribution < 1.29 is 4.79 Å². The van der Waals surface area contributed by atoms with E-state index in [2.05, 4.69) is 42.6 Å². The molecule has 1 fully saturated rings. The van der Waals surface area contributed by atoms with E-state index in [4.69, 9.17) is 4.99 Å². The highest BCUT2D eigenvalue weighted by atomic mass is 127. The van der Waals surface area contributed by atoms with Gasteiger partial charge in [-0.1, -0.05) is 30.3 Å². The van der Waals surface area contributed by atoms with Crippen molar-refractivity contribution in [2.24, 2.45) is 10.4 Å². The molecule has 0 aliphatic heterocycles. The number of nitrogens with zero attached hydrogens (tertiary/aromatic N) is 3. The van der Waals surface area contributed by atoms with Crippen molar-refractivity contribution in [2.75, 3.05) is 39.8 Å². The molecular weight excluding hydrogens is 451 g/mol. The molecular formula is C21H35IN4O. The number of likely N-dealkylation sites (N-methyl/N-ethyl adjacent to an activating group) is 2. The van der Waals surface area contributed by atoms with Crippen molar-refractivity contribution >= 4 is 35.8 Å². The number of carbonyl (C=O) groups excluding carboxylic acids is 1. The number of hydrogen-bond donors (Lipinski definition) is 1. The SMILES string of the molecule is CCNC(=NCC1(Cc2ccccc2)CC1)N(C)CC(=O)N(CC)CC.I. The lowest BCUT2D eigenvalue weighted by Gasteiger charge is -2.26. The van der Waals surface area contributed by atoms with Crippen molar-refractivity contribution in [3.05, 3.63) is 35.9 Å². The minimum Gasteiger partial charge on any atom is -0.357 e. The third-order valence-electron chi connectivity index (χ3n) is 5.13. The number of carbonyl (C=O) groups is 1. The summed E-state index contributed by atoms with van der Waals surface area (Å²) in [7, 11) is 1.94. The molecule has 1 aliphatic carbocycles. The topological polar surface area (TPSA) is 47.9 Å². The van der Waals surface area contributed by atoms with Crippen LogP contribution < -0.4 is 5.32 Å². The van der Waals surface area contributed by atoms with Gasteiger partial charge in [-0.25, -0.2) is 0 Å². The highest BCUT2D eigenvalue weighted by molar-refractivity contribution is 14.0. The van der Waals surface area contributed by atoms with Gasteiger partial charge < -0.3 is 15.1 Å². The van der Waals surface area contributed by atoms with Gasteiger partial charge in [-0.05, 0) is 51.0 Å². The van der Waals surface area contributed by atoms with Crippen LogP contribution in [0.1, 0.15) is 39.2 Å². The van der Waals surface area contributed by atoms with Gasteiger partial charge in [0.2, 0.25) is 5.91 Å². The van der Waals surface area contributed by atoms with E-state index in [0.29, 0.717) is 12.0 Å². The van der Waals surface area contributed by atoms with Crippen LogP contribution in [0.2, 0.25) is 0 Å². The van der Waals surface area contributed by atoms with Crippen LogP contribution in [0.4, 0.5) is 0 Å².